The van der Waals surface area contributed by atoms with Gasteiger partial charge in [-0.25, -0.2) is 0 Å². The fourth-order valence-electron chi connectivity index (χ4n) is 0.957. The van der Waals surface area contributed by atoms with Gasteiger partial charge in [0, 0.05) is 15.3 Å². The van der Waals surface area contributed by atoms with Gasteiger partial charge in [-0.3, -0.25) is 9.59 Å². The molecule has 0 N–H and O–H groups in total. The zero-order valence-corrected chi connectivity index (χ0v) is 11.4. The van der Waals surface area contributed by atoms with E-state index in [0.717, 1.165) is 4.47 Å². The van der Waals surface area contributed by atoms with Crippen LogP contribution in [0.4, 0.5) is 0 Å². The van der Waals surface area contributed by atoms with Crippen LogP contribution < -0.4 is 0 Å². The minimum absolute atomic E-state index is 0.00352. The van der Waals surface area contributed by atoms with E-state index in [1.165, 1.54) is 11.3 Å². The predicted molar refractivity (Wildman–Crippen MR) is 65.4 cm³/mol. The molecule has 0 bridgehead atoms. The third-order valence-electron chi connectivity index (χ3n) is 2.00. The second-order valence-corrected chi connectivity index (χ2v) is 6.23. The molecule has 4 heteroatoms. The van der Waals surface area contributed by atoms with Crippen LogP contribution in [0.3, 0.4) is 0 Å². The fourth-order valence-corrected chi connectivity index (χ4v) is 2.32. The summed E-state index contributed by atoms with van der Waals surface area (Å²) in [7, 11) is 0. The quantitative estimate of drug-likeness (QED) is 0.628. The maximum atomic E-state index is 11.7. The predicted octanol–water partition coefficient (Wildman–Crippen LogP) is 3.70. The molecule has 0 spiro atoms. The van der Waals surface area contributed by atoms with Gasteiger partial charge in [-0.2, -0.15) is 0 Å². The highest BCUT2D eigenvalue weighted by Gasteiger charge is 2.24. The molecule has 1 rings (SSSR count). The number of ketones is 2. The van der Waals surface area contributed by atoms with Crippen molar-refractivity contribution in [2.45, 2.75) is 27.2 Å². The number of thiophene rings is 1. The molecule has 0 saturated heterocycles. The summed E-state index contributed by atoms with van der Waals surface area (Å²) in [6, 6.07) is 1.75. The van der Waals surface area contributed by atoms with Gasteiger partial charge in [0.25, 0.3) is 0 Å². The van der Waals surface area contributed by atoms with Crippen LogP contribution in [0.15, 0.2) is 15.9 Å². The Morgan fingerprint density at radius 2 is 2.00 bits per heavy atom. The normalized spacial score (nSPS) is 11.5. The summed E-state index contributed by atoms with van der Waals surface area (Å²) in [5, 5.41) is 1.84. The SMILES string of the molecule is CC(C)(C)C(=O)CC(=O)c1cc(Br)cs1. The molecule has 0 amide bonds. The van der Waals surface area contributed by atoms with E-state index < -0.39 is 5.41 Å². The summed E-state index contributed by atoms with van der Waals surface area (Å²) in [6.45, 7) is 5.48. The number of hydrogen-bond acceptors (Lipinski definition) is 3. The van der Waals surface area contributed by atoms with Crippen LogP contribution in [-0.4, -0.2) is 11.6 Å². The highest BCUT2D eigenvalue weighted by Crippen LogP contribution is 2.23. The largest absolute Gasteiger partial charge is 0.299 e. The van der Waals surface area contributed by atoms with Gasteiger partial charge in [-0.15, -0.1) is 11.3 Å². The molecule has 82 valence electrons. The molecule has 1 aromatic rings. The summed E-state index contributed by atoms with van der Waals surface area (Å²) in [5.41, 5.74) is -0.440. The Morgan fingerprint density at radius 1 is 1.40 bits per heavy atom. The zero-order valence-electron chi connectivity index (χ0n) is 8.96. The fraction of sp³-hybridized carbons (Fsp3) is 0.455. The van der Waals surface area contributed by atoms with Crippen molar-refractivity contribution < 1.29 is 9.59 Å². The summed E-state index contributed by atoms with van der Waals surface area (Å²) >= 11 is 4.64. The van der Waals surface area contributed by atoms with Crippen LogP contribution >= 0.6 is 27.3 Å². The molecule has 0 aliphatic carbocycles. The Bertz CT molecular complexity index is 388. The van der Waals surface area contributed by atoms with E-state index in [1.807, 2.05) is 26.2 Å². The van der Waals surface area contributed by atoms with Crippen LogP contribution in [0.2, 0.25) is 0 Å². The first kappa shape index (κ1) is 12.6. The van der Waals surface area contributed by atoms with E-state index in [2.05, 4.69) is 15.9 Å². The van der Waals surface area contributed by atoms with Gasteiger partial charge in [0.05, 0.1) is 11.3 Å². The maximum absolute atomic E-state index is 11.7. The second-order valence-electron chi connectivity index (χ2n) is 4.40. The van der Waals surface area contributed by atoms with Gasteiger partial charge < -0.3 is 0 Å². The molecule has 0 saturated carbocycles. The molecular formula is C11H13BrO2S. The van der Waals surface area contributed by atoms with Gasteiger partial charge in [0.15, 0.2) is 5.78 Å². The van der Waals surface area contributed by atoms with Crippen molar-refractivity contribution in [3.63, 3.8) is 0 Å². The molecule has 15 heavy (non-hydrogen) atoms. The molecular weight excluding hydrogens is 276 g/mol. The average Bonchev–Trinajstić information content (AvgIpc) is 2.50. The molecule has 1 heterocycles. The van der Waals surface area contributed by atoms with Crippen LogP contribution in [0, 0.1) is 5.41 Å². The summed E-state index contributed by atoms with van der Waals surface area (Å²) in [6.07, 6.45) is -0.00352. The third-order valence-corrected chi connectivity index (χ3v) is 3.73. The third kappa shape index (κ3) is 3.54. The lowest BCUT2D eigenvalue weighted by Gasteiger charge is -2.15. The van der Waals surface area contributed by atoms with Crippen molar-refractivity contribution in [3.05, 3.63) is 20.8 Å². The van der Waals surface area contributed by atoms with Crippen molar-refractivity contribution in [2.24, 2.45) is 5.41 Å². The Hall–Kier alpha value is -0.480. The molecule has 0 atom stereocenters. The van der Waals surface area contributed by atoms with Crippen molar-refractivity contribution >= 4 is 38.8 Å². The molecule has 2 nitrogen and oxygen atoms in total. The monoisotopic (exact) mass is 288 g/mol. The molecule has 0 radical (unpaired) electrons. The number of Topliss-reactive ketones (excluding diaryl/α,β-unsaturated/α-hetero) is 2. The number of carbonyl (C=O) groups excluding carboxylic acids is 2. The van der Waals surface area contributed by atoms with Gasteiger partial charge >= 0.3 is 0 Å². The Kier molecular flexibility index (Phi) is 3.84. The number of halogens is 1. The second kappa shape index (κ2) is 4.58. The van der Waals surface area contributed by atoms with Crippen LogP contribution in [-0.2, 0) is 4.79 Å². The lowest BCUT2D eigenvalue weighted by atomic mass is 9.88. The van der Waals surface area contributed by atoms with E-state index in [1.54, 1.807) is 6.07 Å². The average molecular weight is 289 g/mol. The Labute approximate surface area is 102 Å². The van der Waals surface area contributed by atoms with Crippen LogP contribution in [0.1, 0.15) is 36.9 Å². The van der Waals surface area contributed by atoms with Crippen molar-refractivity contribution in [3.8, 4) is 0 Å². The molecule has 0 aliphatic rings. The summed E-state index contributed by atoms with van der Waals surface area (Å²) in [5.74, 6) is -0.109. The number of carbonyl (C=O) groups is 2. The minimum atomic E-state index is -0.440. The first-order valence-corrected chi connectivity index (χ1v) is 6.28. The molecule has 1 aromatic heterocycles. The van der Waals surface area contributed by atoms with E-state index >= 15 is 0 Å². The topological polar surface area (TPSA) is 34.1 Å². The molecule has 0 aromatic carbocycles. The summed E-state index contributed by atoms with van der Waals surface area (Å²) in [4.78, 5) is 23.9. The smallest absolute Gasteiger partial charge is 0.180 e. The Balaban J connectivity index is 2.69. The highest BCUT2D eigenvalue weighted by molar-refractivity contribution is 9.10. The van der Waals surface area contributed by atoms with E-state index in [0.29, 0.717) is 4.88 Å². The van der Waals surface area contributed by atoms with Gasteiger partial charge in [0.1, 0.15) is 5.78 Å². The molecule has 0 aliphatic heterocycles. The summed E-state index contributed by atoms with van der Waals surface area (Å²) < 4.78 is 0.888. The van der Waals surface area contributed by atoms with Gasteiger partial charge in [-0.1, -0.05) is 20.8 Å². The van der Waals surface area contributed by atoms with Crippen molar-refractivity contribution in [1.82, 2.24) is 0 Å². The first-order valence-electron chi connectivity index (χ1n) is 4.61. The van der Waals surface area contributed by atoms with E-state index in [9.17, 15) is 9.59 Å². The van der Waals surface area contributed by atoms with Crippen molar-refractivity contribution in [1.29, 1.82) is 0 Å². The van der Waals surface area contributed by atoms with Gasteiger partial charge in [-0.05, 0) is 22.0 Å². The Morgan fingerprint density at radius 3 is 2.40 bits per heavy atom. The van der Waals surface area contributed by atoms with Crippen molar-refractivity contribution in [2.75, 3.05) is 0 Å². The van der Waals surface area contributed by atoms with E-state index in [4.69, 9.17) is 0 Å². The standard InChI is InChI=1S/C11H13BrO2S/c1-11(2,3)10(14)5-8(13)9-4-7(12)6-15-9/h4,6H,5H2,1-3H3. The molecule has 0 unspecified atom stereocenters. The molecule has 0 fully saturated rings. The number of rotatable bonds is 3. The number of hydrogen-bond donors (Lipinski definition) is 0. The van der Waals surface area contributed by atoms with Crippen LogP contribution in [0.25, 0.3) is 0 Å². The van der Waals surface area contributed by atoms with Gasteiger partial charge in [0.2, 0.25) is 0 Å². The zero-order chi connectivity index (χ0) is 11.6. The maximum Gasteiger partial charge on any atom is 0.180 e. The highest BCUT2D eigenvalue weighted by atomic mass is 79.9. The minimum Gasteiger partial charge on any atom is -0.299 e. The van der Waals surface area contributed by atoms with E-state index in [-0.39, 0.29) is 18.0 Å². The first-order chi connectivity index (χ1) is 6.80. The van der Waals surface area contributed by atoms with Crippen LogP contribution in [0.5, 0.6) is 0 Å². The lowest BCUT2D eigenvalue weighted by Crippen LogP contribution is -2.22. The lowest BCUT2D eigenvalue weighted by molar-refractivity contribution is -0.125.